The lowest BCUT2D eigenvalue weighted by molar-refractivity contribution is 1.15. The van der Waals surface area contributed by atoms with Crippen molar-refractivity contribution in [3.8, 4) is 39.3 Å². The second-order valence-electron chi connectivity index (χ2n) is 12.3. The van der Waals surface area contributed by atoms with E-state index >= 15 is 0 Å². The molecule has 0 saturated carbocycles. The minimum atomic E-state index is -1.21. The summed E-state index contributed by atoms with van der Waals surface area (Å²) in [5.41, 5.74) is -11.1. The summed E-state index contributed by atoms with van der Waals surface area (Å²) < 4.78 is 321. The van der Waals surface area contributed by atoms with E-state index in [0.717, 1.165) is 4.57 Å². The Hall–Kier alpha value is -7.62. The van der Waals surface area contributed by atoms with Crippen molar-refractivity contribution in [2.24, 2.45) is 0 Å². The van der Waals surface area contributed by atoms with Crippen molar-refractivity contribution in [3.05, 3.63) is 211 Å². The molecule has 0 N–H and O–H groups in total. The first kappa shape index (κ1) is 12.7. The molecule has 12 rings (SSSR count). The predicted molar refractivity (Wildman–Crippen MR) is 240 cm³/mol. The maximum Gasteiger partial charge on any atom is 0.0667 e. The van der Waals surface area contributed by atoms with Gasteiger partial charge < -0.3 is 13.7 Å². The number of nitrogens with zero attached hydrogens (tertiary/aromatic N) is 3. The molecule has 0 amide bonds. The highest BCUT2D eigenvalue weighted by Gasteiger charge is 2.19. The number of hydrogen-bond acceptors (Lipinski definition) is 0. The van der Waals surface area contributed by atoms with Crippen molar-refractivity contribution in [2.75, 3.05) is 0 Å². The summed E-state index contributed by atoms with van der Waals surface area (Å²) >= 11 is 0. The van der Waals surface area contributed by atoms with Crippen LogP contribution in [0.5, 0.6) is 0 Å². The predicted octanol–water partition coefficient (Wildman–Crippen LogP) is 14.3. The summed E-state index contributed by atoms with van der Waals surface area (Å²) in [7, 11) is 0. The second-order valence-corrected chi connectivity index (χ2v) is 12.3. The second kappa shape index (κ2) is 12.5. The summed E-state index contributed by atoms with van der Waals surface area (Å²) in [4.78, 5) is 0. The lowest BCUT2D eigenvalue weighted by atomic mass is 9.99. The van der Waals surface area contributed by atoms with E-state index in [0.29, 0.717) is 9.13 Å². The van der Waals surface area contributed by atoms with Crippen molar-refractivity contribution < 1.29 is 48.0 Å². The number of aromatic nitrogens is 3. The van der Waals surface area contributed by atoms with E-state index < -0.39 is 316 Å². The summed E-state index contributed by atoms with van der Waals surface area (Å²) in [6.07, 6.45) is 0. The Morgan fingerprint density at radius 1 is 0.228 bits per heavy atom. The monoisotopic (exact) mass is 761 g/mol. The van der Waals surface area contributed by atoms with Gasteiger partial charge in [0.2, 0.25) is 0 Å². The van der Waals surface area contributed by atoms with Crippen LogP contribution in [0.2, 0.25) is 0 Å². The highest BCUT2D eigenvalue weighted by molar-refractivity contribution is 6.13. The fourth-order valence-corrected chi connectivity index (χ4v) is 6.86. The van der Waals surface area contributed by atoms with Gasteiger partial charge in [0.25, 0.3) is 0 Å². The van der Waals surface area contributed by atoms with Crippen LogP contribution in [0.4, 0.5) is 0 Å². The van der Waals surface area contributed by atoms with Crippen molar-refractivity contribution in [3.63, 3.8) is 0 Å². The molecule has 0 aliphatic heterocycles. The third-order valence-corrected chi connectivity index (χ3v) is 9.23. The van der Waals surface area contributed by atoms with Gasteiger partial charge in [-0.25, -0.2) is 0 Å². The Kier molecular flexibility index (Phi) is 2.78. The molecular formula is C54H35N3. The average Bonchev–Trinajstić information content (AvgIpc) is 1.51. The summed E-state index contributed by atoms with van der Waals surface area (Å²) in [5, 5.41) is -3.89. The van der Waals surface area contributed by atoms with Gasteiger partial charge in [-0.05, 0) is 94.8 Å². The number of benzene rings is 9. The molecule has 0 radical (unpaired) electrons. The van der Waals surface area contributed by atoms with Crippen LogP contribution in [0.3, 0.4) is 0 Å². The Morgan fingerprint density at radius 2 is 0.614 bits per heavy atom. The van der Waals surface area contributed by atoms with Crippen molar-refractivity contribution >= 4 is 65.4 Å². The quantitative estimate of drug-likeness (QED) is 0.166. The molecule has 0 atom stereocenters. The van der Waals surface area contributed by atoms with E-state index in [1.54, 1.807) is 0 Å². The molecule has 12 aromatic rings. The molecule has 0 spiro atoms. The first-order valence-electron chi connectivity index (χ1n) is 34.3. The lowest BCUT2D eigenvalue weighted by Gasteiger charge is -2.13. The third-order valence-electron chi connectivity index (χ3n) is 9.23. The van der Waals surface area contributed by atoms with Gasteiger partial charge in [-0.1, -0.05) is 139 Å². The fourth-order valence-electron chi connectivity index (χ4n) is 6.86. The van der Waals surface area contributed by atoms with Gasteiger partial charge in [-0.3, -0.25) is 0 Å². The van der Waals surface area contributed by atoms with Gasteiger partial charge in [-0.2, -0.15) is 0 Å². The van der Waals surface area contributed by atoms with Crippen LogP contribution < -0.4 is 0 Å². The Labute approximate surface area is 378 Å². The average molecular weight is 761 g/mol. The highest BCUT2D eigenvalue weighted by Crippen LogP contribution is 2.39. The number of para-hydroxylation sites is 4. The van der Waals surface area contributed by atoms with Crippen molar-refractivity contribution in [1.29, 1.82) is 0 Å². The molecule has 0 bridgehead atoms. The zero-order valence-electron chi connectivity index (χ0n) is 63.3. The minimum absolute atomic E-state index is 0.516. The number of rotatable bonds is 5. The van der Waals surface area contributed by atoms with Gasteiger partial charge in [-0.15, -0.1) is 0 Å². The molecule has 3 heteroatoms. The number of fused-ring (bicyclic) bond motifs is 9. The third kappa shape index (κ3) is 4.86. The molecule has 0 unspecified atom stereocenters. The maximum absolute atomic E-state index is 10.3. The maximum atomic E-state index is 10.3. The Morgan fingerprint density at radius 3 is 1.23 bits per heavy atom. The normalized spacial score (nSPS) is 20.5. The topological polar surface area (TPSA) is 14.8 Å². The molecule has 0 aliphatic carbocycles. The smallest absolute Gasteiger partial charge is 0.0667 e. The van der Waals surface area contributed by atoms with Crippen LogP contribution in [-0.2, 0) is 0 Å². The van der Waals surface area contributed by atoms with Gasteiger partial charge in [0, 0.05) is 49.4 Å². The largest absolute Gasteiger partial charge is 0.309 e. The van der Waals surface area contributed by atoms with Crippen LogP contribution in [0, 0.1) is 0 Å². The highest BCUT2D eigenvalue weighted by atomic mass is 15.0. The zero-order valence-corrected chi connectivity index (χ0v) is 28.3. The van der Waals surface area contributed by atoms with Gasteiger partial charge in [0.05, 0.1) is 81.1 Å². The van der Waals surface area contributed by atoms with E-state index in [4.69, 9.17) is 27.4 Å². The first-order chi connectivity index (χ1) is 42.9. The van der Waals surface area contributed by atoms with Crippen LogP contribution in [0.15, 0.2) is 211 Å². The summed E-state index contributed by atoms with van der Waals surface area (Å²) in [5.74, 6) is 0. The molecule has 0 fully saturated rings. The fraction of sp³-hybridized carbons (Fsp3) is 0. The van der Waals surface area contributed by atoms with Crippen LogP contribution in [0.25, 0.3) is 105 Å². The van der Waals surface area contributed by atoms with Gasteiger partial charge in [0.15, 0.2) is 0 Å². The van der Waals surface area contributed by atoms with Crippen molar-refractivity contribution in [2.45, 2.75) is 0 Å². The molecule has 57 heavy (non-hydrogen) atoms. The van der Waals surface area contributed by atoms with E-state index in [2.05, 4.69) is 0 Å². The zero-order chi connectivity index (χ0) is 67.9. The molecule has 9 aromatic carbocycles. The molecular weight excluding hydrogens is 691 g/mol. The number of hydrogen-bond donors (Lipinski definition) is 0. The minimum Gasteiger partial charge on any atom is -0.309 e. The molecule has 0 aliphatic rings. The van der Waals surface area contributed by atoms with Crippen LogP contribution >= 0.6 is 0 Å². The van der Waals surface area contributed by atoms with E-state index in [1.807, 2.05) is 0 Å². The Bertz CT molecular complexity index is 5480. The van der Waals surface area contributed by atoms with E-state index in [9.17, 15) is 20.6 Å². The molecule has 266 valence electrons. The first-order valence-corrected chi connectivity index (χ1v) is 16.8. The molecule has 3 heterocycles. The standard InChI is InChI=1S/C54H35N3/c1-2-14-36(15-3-1)37-16-12-17-38(32-37)39-18-13-19-40(33-39)57-51-26-10-6-22-45(51)47-30-28-42(35-54(47)57)56-52-27-11-7-23-46(52)48-34-41(29-31-53(48)56)55-49-24-8-4-20-43(49)44-21-5-9-25-50(44)55/h1-35H/i1D,2D,3D,4D,5D,6D,7D,8D,9D,10D,11D,12D,13D,14D,15D,16D,17D,18D,19D,20D,21D,22D,23D,24D,25D,26D,27D,28D,29D,30D,31D,32D,33D,34D,35D. The SMILES string of the molecule is [2H]c1c([2H])c([2H])c(-c2c([2H])c([2H])c([2H])c(-c3c([2H])c([2H])c([2H])c(-n4c5c([2H])c([2H])c([2H])c([2H])c5c5c([2H])c([2H])c(-n6c7c([2H])c([2H])c([2H])c([2H])c7c7c([2H])c(-n8c9c([2H])c([2H])c([2H])c([2H])c9c9c([2H])c([2H])c([2H])c([2H])c98)c([2H])c([2H])c76)c([2H])c54)c3[2H])c2[2H])c([2H])c1[2H]. The Balaban J connectivity index is 1.30. The van der Waals surface area contributed by atoms with Gasteiger partial charge in [0.1, 0.15) is 0 Å². The lowest BCUT2D eigenvalue weighted by Crippen LogP contribution is -1.98. The van der Waals surface area contributed by atoms with E-state index in [-0.39, 0.29) is 0 Å². The molecule has 3 nitrogen and oxygen atoms in total. The van der Waals surface area contributed by atoms with E-state index in [1.165, 1.54) is 0 Å². The summed E-state index contributed by atoms with van der Waals surface area (Å²) in [6, 6.07) is -35.4. The van der Waals surface area contributed by atoms with Crippen molar-refractivity contribution in [1.82, 2.24) is 13.7 Å². The van der Waals surface area contributed by atoms with Gasteiger partial charge >= 0.3 is 0 Å². The molecule has 0 saturated heterocycles. The molecule has 3 aromatic heterocycles. The van der Waals surface area contributed by atoms with Crippen LogP contribution in [-0.4, -0.2) is 13.7 Å². The summed E-state index contributed by atoms with van der Waals surface area (Å²) in [6.45, 7) is 0. The van der Waals surface area contributed by atoms with Crippen LogP contribution in [0.1, 0.15) is 48.0 Å².